The molecule has 3 amide bonds. The number of hydrogen-bond donors (Lipinski definition) is 4. The van der Waals surface area contributed by atoms with Gasteiger partial charge in [0.1, 0.15) is 0 Å². The van der Waals surface area contributed by atoms with Gasteiger partial charge in [-0.25, -0.2) is 0 Å². The van der Waals surface area contributed by atoms with E-state index in [1.165, 1.54) is 0 Å². The molecule has 3 rings (SSSR count). The number of nitrogens with two attached hydrogens (primary N) is 1. The van der Waals surface area contributed by atoms with Crippen LogP contribution in [0.15, 0.2) is 47.4 Å². The van der Waals surface area contributed by atoms with Gasteiger partial charge in [0.25, 0.3) is 11.8 Å². The summed E-state index contributed by atoms with van der Waals surface area (Å²) in [5.41, 5.74) is 4.64. The van der Waals surface area contributed by atoms with Gasteiger partial charge in [-0.3, -0.25) is 14.4 Å². The van der Waals surface area contributed by atoms with Crippen LogP contribution in [0.4, 0.5) is 18.9 Å². The molecule has 0 spiro atoms. The third-order valence-corrected chi connectivity index (χ3v) is 6.61. The molecule has 1 heterocycles. The van der Waals surface area contributed by atoms with E-state index in [4.69, 9.17) is 5.73 Å². The molecular weight excluding hydrogens is 495 g/mol. The van der Waals surface area contributed by atoms with Crippen LogP contribution in [0.25, 0.3) is 0 Å². The Hall–Kier alpha value is -3.25. The highest BCUT2D eigenvalue weighted by molar-refractivity contribution is 7.98. The summed E-state index contributed by atoms with van der Waals surface area (Å²) in [5.74, 6) is -1.70. The van der Waals surface area contributed by atoms with E-state index in [9.17, 15) is 27.6 Å². The number of anilines is 1. The maximum absolute atomic E-state index is 13.0. The number of carbonyl (C=O) groups excluding carboxylic acids is 3. The molecule has 0 radical (unpaired) electrons. The number of amides is 3. The Kier molecular flexibility index (Phi) is 8.85. The first-order chi connectivity index (χ1) is 17.0. The third-order valence-electron chi connectivity index (χ3n) is 5.87. The molecule has 36 heavy (non-hydrogen) atoms. The molecule has 194 valence electrons. The van der Waals surface area contributed by atoms with Crippen LogP contribution in [0, 0.1) is 0 Å². The van der Waals surface area contributed by atoms with Crippen LogP contribution in [-0.2, 0) is 11.0 Å². The van der Waals surface area contributed by atoms with Gasteiger partial charge in [0.2, 0.25) is 5.91 Å². The number of likely N-dealkylation sites (tertiary alicyclic amines) is 1. The van der Waals surface area contributed by atoms with E-state index >= 15 is 0 Å². The fourth-order valence-electron chi connectivity index (χ4n) is 3.87. The quantitative estimate of drug-likeness (QED) is 0.327. The maximum atomic E-state index is 13.0. The summed E-state index contributed by atoms with van der Waals surface area (Å²) in [7, 11) is 1.89. The number of alkyl halides is 3. The van der Waals surface area contributed by atoms with Crippen LogP contribution in [0.1, 0.15) is 32.7 Å². The van der Waals surface area contributed by atoms with E-state index in [1.54, 1.807) is 23.9 Å². The zero-order chi connectivity index (χ0) is 26.5. The fourth-order valence-corrected chi connectivity index (χ4v) is 4.28. The minimum absolute atomic E-state index is 0.136. The molecule has 2 aromatic rings. The minimum Gasteiger partial charge on any atom is -0.398 e. The van der Waals surface area contributed by atoms with Crippen LogP contribution in [0.3, 0.4) is 0 Å². The number of likely N-dealkylation sites (N-methyl/N-ethyl adjacent to an activating group) is 1. The number of piperidine rings is 1. The Bertz CT molecular complexity index is 1110. The molecule has 1 aliphatic heterocycles. The number of carbonyl (C=O) groups is 3. The number of nitrogens with zero attached hydrogens (tertiary/aromatic N) is 1. The first-order valence-electron chi connectivity index (χ1n) is 11.2. The zero-order valence-electron chi connectivity index (χ0n) is 19.8. The summed E-state index contributed by atoms with van der Waals surface area (Å²) < 4.78 is 38.9. The van der Waals surface area contributed by atoms with Gasteiger partial charge in [0.05, 0.1) is 29.8 Å². The summed E-state index contributed by atoms with van der Waals surface area (Å²) in [6, 6.07) is 8.84. The second kappa shape index (κ2) is 11.7. The molecule has 5 N–H and O–H groups in total. The van der Waals surface area contributed by atoms with E-state index < -0.39 is 36.1 Å². The normalized spacial score (nSPS) is 18.4. The summed E-state index contributed by atoms with van der Waals surface area (Å²) in [6.45, 7) is 0.719. The number of benzene rings is 2. The Morgan fingerprint density at radius 3 is 2.39 bits per heavy atom. The topological polar surface area (TPSA) is 117 Å². The highest BCUT2D eigenvalue weighted by atomic mass is 32.2. The van der Waals surface area contributed by atoms with Gasteiger partial charge in [-0.05, 0) is 68.7 Å². The van der Waals surface area contributed by atoms with Crippen molar-refractivity contribution in [1.82, 2.24) is 20.9 Å². The molecule has 0 bridgehead atoms. The van der Waals surface area contributed by atoms with Gasteiger partial charge in [0, 0.05) is 22.7 Å². The lowest BCUT2D eigenvalue weighted by molar-refractivity contribution is -0.137. The van der Waals surface area contributed by atoms with Crippen molar-refractivity contribution in [3.05, 3.63) is 59.2 Å². The van der Waals surface area contributed by atoms with Crippen molar-refractivity contribution < 1.29 is 27.6 Å². The molecule has 0 aromatic heterocycles. The van der Waals surface area contributed by atoms with E-state index in [0.717, 1.165) is 17.0 Å². The van der Waals surface area contributed by atoms with E-state index in [0.29, 0.717) is 31.1 Å². The Labute approximate surface area is 211 Å². The number of hydrogen-bond acceptors (Lipinski definition) is 6. The number of nitrogen functional groups attached to an aromatic ring is 1. The molecule has 0 saturated carbocycles. The van der Waals surface area contributed by atoms with Gasteiger partial charge in [-0.2, -0.15) is 13.2 Å². The van der Waals surface area contributed by atoms with Crippen LogP contribution < -0.4 is 21.7 Å². The number of thioether (sulfide) groups is 1. The van der Waals surface area contributed by atoms with Crippen molar-refractivity contribution in [3.63, 3.8) is 0 Å². The van der Waals surface area contributed by atoms with Crippen LogP contribution >= 0.6 is 11.8 Å². The first-order valence-corrected chi connectivity index (χ1v) is 12.4. The average Bonchev–Trinajstić information content (AvgIpc) is 2.83. The Morgan fingerprint density at radius 2 is 1.75 bits per heavy atom. The molecule has 1 aliphatic rings. The molecule has 1 fully saturated rings. The van der Waals surface area contributed by atoms with Crippen molar-refractivity contribution in [3.8, 4) is 0 Å². The second-order valence-electron chi connectivity index (χ2n) is 8.52. The van der Waals surface area contributed by atoms with Gasteiger partial charge >= 0.3 is 6.18 Å². The highest BCUT2D eigenvalue weighted by Crippen LogP contribution is 2.31. The molecule has 1 saturated heterocycles. The predicted octanol–water partition coefficient (Wildman–Crippen LogP) is 2.36. The second-order valence-corrected chi connectivity index (χ2v) is 9.40. The molecule has 2 atom stereocenters. The van der Waals surface area contributed by atoms with Crippen molar-refractivity contribution in [2.45, 2.75) is 29.6 Å². The lowest BCUT2D eigenvalue weighted by Gasteiger charge is -2.37. The van der Waals surface area contributed by atoms with E-state index in [1.807, 2.05) is 30.3 Å². The summed E-state index contributed by atoms with van der Waals surface area (Å²) in [6.07, 6.45) is -2.09. The van der Waals surface area contributed by atoms with Crippen molar-refractivity contribution >= 4 is 35.2 Å². The van der Waals surface area contributed by atoms with Crippen molar-refractivity contribution in [2.75, 3.05) is 38.7 Å². The largest absolute Gasteiger partial charge is 0.416 e. The Morgan fingerprint density at radius 1 is 1.06 bits per heavy atom. The average molecular weight is 524 g/mol. The van der Waals surface area contributed by atoms with Gasteiger partial charge in [0.15, 0.2) is 0 Å². The molecule has 8 nitrogen and oxygen atoms in total. The molecule has 0 aliphatic carbocycles. The minimum atomic E-state index is -4.64. The van der Waals surface area contributed by atoms with Gasteiger partial charge < -0.3 is 26.6 Å². The van der Waals surface area contributed by atoms with Gasteiger partial charge in [-0.1, -0.05) is 0 Å². The lowest BCUT2D eigenvalue weighted by atomic mass is 9.99. The number of rotatable bonds is 7. The zero-order valence-corrected chi connectivity index (χ0v) is 20.6. The fraction of sp³-hybridized carbons (Fsp3) is 0.375. The molecular formula is C24H28F3N5O3S. The lowest BCUT2D eigenvalue weighted by Crippen LogP contribution is -2.60. The van der Waals surface area contributed by atoms with E-state index in [2.05, 4.69) is 16.0 Å². The van der Waals surface area contributed by atoms with Crippen molar-refractivity contribution in [2.24, 2.45) is 0 Å². The number of nitrogens with one attached hydrogen (secondary N) is 3. The summed E-state index contributed by atoms with van der Waals surface area (Å²) >= 11 is 1.57. The Balaban J connectivity index is 1.60. The highest BCUT2D eigenvalue weighted by Gasteiger charge is 2.32. The molecule has 2 aromatic carbocycles. The van der Waals surface area contributed by atoms with Crippen LogP contribution in [0.2, 0.25) is 0 Å². The smallest absolute Gasteiger partial charge is 0.398 e. The maximum Gasteiger partial charge on any atom is 0.416 e. The summed E-state index contributed by atoms with van der Waals surface area (Å²) in [5, 5.41) is 8.09. The van der Waals surface area contributed by atoms with Gasteiger partial charge in [-0.15, -0.1) is 11.8 Å². The SMILES string of the molecule is CSc1ccc(C(=O)N[C@H]2CCN(C)C[C@H]2NC(=O)CNC(=O)c2cc(C(F)(F)F)ccc2N)cc1. The monoisotopic (exact) mass is 523 g/mol. The van der Waals surface area contributed by atoms with Crippen LogP contribution in [-0.4, -0.2) is 67.6 Å². The van der Waals surface area contributed by atoms with Crippen molar-refractivity contribution in [1.29, 1.82) is 0 Å². The first kappa shape index (κ1) is 27.3. The van der Waals surface area contributed by atoms with E-state index in [-0.39, 0.29) is 23.2 Å². The third kappa shape index (κ3) is 7.14. The molecule has 0 unspecified atom stereocenters. The van der Waals surface area contributed by atoms with Crippen LogP contribution in [0.5, 0.6) is 0 Å². The standard InChI is InChI=1S/C24H28F3N5O3S/c1-32-10-9-19(31-22(34)14-3-6-16(36-2)7-4-14)20(13-32)30-21(33)12-29-23(35)17-11-15(24(25,26)27)5-8-18(17)28/h3-8,11,19-20H,9-10,12-13,28H2,1-2H3,(H,29,35)(H,30,33)(H,31,34)/t19-,20+/m0/s1. The molecule has 12 heteroatoms. The number of halogens is 3. The predicted molar refractivity (Wildman–Crippen MR) is 132 cm³/mol. The summed E-state index contributed by atoms with van der Waals surface area (Å²) in [4.78, 5) is 40.7.